The molecule has 0 saturated carbocycles. The van der Waals surface area contributed by atoms with Crippen molar-refractivity contribution in [1.29, 1.82) is 0 Å². The monoisotopic (exact) mass is 356 g/mol. The predicted octanol–water partition coefficient (Wildman–Crippen LogP) is 3.39. The van der Waals surface area contributed by atoms with Gasteiger partial charge in [-0.05, 0) is 30.7 Å². The average Bonchev–Trinajstić information content (AvgIpc) is 2.62. The number of para-hydroxylation sites is 1. The highest BCUT2D eigenvalue weighted by atomic mass is 16.5. The third-order valence-corrected chi connectivity index (χ3v) is 4.02. The van der Waals surface area contributed by atoms with E-state index >= 15 is 0 Å². The van der Waals surface area contributed by atoms with Gasteiger partial charge in [-0.1, -0.05) is 18.2 Å². The van der Waals surface area contributed by atoms with Crippen LogP contribution in [-0.2, 0) is 9.59 Å². The lowest BCUT2D eigenvalue weighted by atomic mass is 10.1. The van der Waals surface area contributed by atoms with E-state index in [0.717, 1.165) is 11.3 Å². The van der Waals surface area contributed by atoms with Crippen LogP contribution in [0.5, 0.6) is 11.5 Å². The molecule has 0 unspecified atom stereocenters. The van der Waals surface area contributed by atoms with Gasteiger partial charge in [0.25, 0.3) is 0 Å². The molecule has 0 spiro atoms. The van der Waals surface area contributed by atoms with Gasteiger partial charge in [-0.2, -0.15) is 0 Å². The van der Waals surface area contributed by atoms with E-state index in [1.54, 1.807) is 30.2 Å². The van der Waals surface area contributed by atoms with Gasteiger partial charge in [0.2, 0.25) is 11.8 Å². The second-order valence-electron chi connectivity index (χ2n) is 5.83. The van der Waals surface area contributed by atoms with Gasteiger partial charge < -0.3 is 19.7 Å². The smallest absolute Gasteiger partial charge is 0.226 e. The van der Waals surface area contributed by atoms with E-state index in [4.69, 9.17) is 9.47 Å². The molecule has 138 valence electrons. The molecule has 0 aromatic heterocycles. The first-order valence-corrected chi connectivity index (χ1v) is 8.32. The van der Waals surface area contributed by atoms with E-state index < -0.39 is 0 Å². The number of methoxy groups -OCH3 is 2. The van der Waals surface area contributed by atoms with Crippen LogP contribution in [0.15, 0.2) is 42.5 Å². The lowest BCUT2D eigenvalue weighted by Crippen LogP contribution is -2.32. The highest BCUT2D eigenvalue weighted by Gasteiger charge is 2.15. The van der Waals surface area contributed by atoms with Crippen LogP contribution in [0.4, 0.5) is 11.4 Å². The summed E-state index contributed by atoms with van der Waals surface area (Å²) in [6.45, 7) is 3.74. The lowest BCUT2D eigenvalue weighted by Gasteiger charge is -2.22. The van der Waals surface area contributed by atoms with Gasteiger partial charge in [0.15, 0.2) is 11.5 Å². The Labute approximate surface area is 153 Å². The Morgan fingerprint density at radius 3 is 2.35 bits per heavy atom. The second-order valence-corrected chi connectivity index (χ2v) is 5.83. The minimum Gasteiger partial charge on any atom is -0.493 e. The molecular weight excluding hydrogens is 332 g/mol. The summed E-state index contributed by atoms with van der Waals surface area (Å²) in [6.07, 6.45) is 0.183. The number of anilines is 2. The molecule has 2 aromatic rings. The quantitative estimate of drug-likeness (QED) is 0.826. The summed E-state index contributed by atoms with van der Waals surface area (Å²) < 4.78 is 10.4. The molecule has 0 heterocycles. The molecular formula is C20H24N2O4. The molecule has 0 aliphatic heterocycles. The zero-order chi connectivity index (χ0) is 19.1. The van der Waals surface area contributed by atoms with Crippen LogP contribution in [0.25, 0.3) is 0 Å². The van der Waals surface area contributed by atoms with Gasteiger partial charge >= 0.3 is 0 Å². The maximum absolute atomic E-state index is 12.3. The minimum atomic E-state index is -0.183. The first-order valence-electron chi connectivity index (χ1n) is 8.32. The standard InChI is InChI=1S/C20H24N2O4/c1-14-7-5-6-8-17(14)22(15(2)23)12-11-20(24)21-16-9-10-18(25-3)19(13-16)26-4/h5-10,13H,11-12H2,1-4H3,(H,21,24). The number of rotatable bonds is 7. The summed E-state index contributed by atoms with van der Waals surface area (Å²) in [7, 11) is 3.09. The summed E-state index contributed by atoms with van der Waals surface area (Å²) in [6, 6.07) is 12.8. The topological polar surface area (TPSA) is 67.9 Å². The van der Waals surface area contributed by atoms with Gasteiger partial charge in [-0.15, -0.1) is 0 Å². The highest BCUT2D eigenvalue weighted by Crippen LogP contribution is 2.29. The molecule has 2 rings (SSSR count). The fourth-order valence-electron chi connectivity index (χ4n) is 2.66. The number of carbonyl (C=O) groups excluding carboxylic acids is 2. The maximum atomic E-state index is 12.3. The third-order valence-electron chi connectivity index (χ3n) is 4.02. The van der Waals surface area contributed by atoms with Crippen molar-refractivity contribution >= 4 is 23.2 Å². The molecule has 2 amide bonds. The SMILES string of the molecule is COc1ccc(NC(=O)CCN(C(C)=O)c2ccccc2C)cc1OC. The maximum Gasteiger partial charge on any atom is 0.226 e. The number of hydrogen-bond acceptors (Lipinski definition) is 4. The zero-order valence-electron chi connectivity index (χ0n) is 15.5. The summed E-state index contributed by atoms with van der Waals surface area (Å²) in [5.41, 5.74) is 2.42. The fourth-order valence-corrected chi connectivity index (χ4v) is 2.66. The predicted molar refractivity (Wildman–Crippen MR) is 102 cm³/mol. The van der Waals surface area contributed by atoms with Crippen LogP contribution in [0.3, 0.4) is 0 Å². The van der Waals surface area contributed by atoms with Gasteiger partial charge in [0.1, 0.15) is 0 Å². The van der Waals surface area contributed by atoms with Crippen LogP contribution in [0.2, 0.25) is 0 Å². The Morgan fingerprint density at radius 2 is 1.73 bits per heavy atom. The first-order chi connectivity index (χ1) is 12.5. The highest BCUT2D eigenvalue weighted by molar-refractivity contribution is 5.95. The Morgan fingerprint density at radius 1 is 1.04 bits per heavy atom. The molecule has 6 nitrogen and oxygen atoms in total. The summed E-state index contributed by atoms with van der Waals surface area (Å²) in [4.78, 5) is 25.9. The number of amides is 2. The lowest BCUT2D eigenvalue weighted by molar-refractivity contribution is -0.117. The summed E-state index contributed by atoms with van der Waals surface area (Å²) in [5, 5.41) is 2.82. The number of carbonyl (C=O) groups is 2. The van der Waals surface area contributed by atoms with E-state index in [0.29, 0.717) is 23.7 Å². The minimum absolute atomic E-state index is 0.0989. The van der Waals surface area contributed by atoms with E-state index in [2.05, 4.69) is 5.32 Å². The number of ether oxygens (including phenoxy) is 2. The van der Waals surface area contributed by atoms with E-state index in [9.17, 15) is 9.59 Å². The van der Waals surface area contributed by atoms with Crippen LogP contribution in [0.1, 0.15) is 18.9 Å². The van der Waals surface area contributed by atoms with Crippen molar-refractivity contribution in [3.63, 3.8) is 0 Å². The largest absolute Gasteiger partial charge is 0.493 e. The molecule has 0 bridgehead atoms. The van der Waals surface area contributed by atoms with E-state index in [1.807, 2.05) is 31.2 Å². The molecule has 0 atom stereocenters. The fraction of sp³-hybridized carbons (Fsp3) is 0.300. The van der Waals surface area contributed by atoms with Crippen LogP contribution >= 0.6 is 0 Å². The molecule has 0 saturated heterocycles. The van der Waals surface area contributed by atoms with Crippen molar-refractivity contribution in [3.05, 3.63) is 48.0 Å². The zero-order valence-corrected chi connectivity index (χ0v) is 15.5. The third kappa shape index (κ3) is 4.75. The normalized spacial score (nSPS) is 10.2. The molecule has 2 aromatic carbocycles. The van der Waals surface area contributed by atoms with Gasteiger partial charge in [0.05, 0.1) is 14.2 Å². The number of aryl methyl sites for hydroxylation is 1. The Bertz CT molecular complexity index is 789. The number of nitrogens with one attached hydrogen (secondary N) is 1. The Hall–Kier alpha value is -3.02. The number of benzene rings is 2. The molecule has 0 aliphatic carbocycles. The molecule has 26 heavy (non-hydrogen) atoms. The molecule has 0 fully saturated rings. The number of nitrogens with zero attached hydrogens (tertiary/aromatic N) is 1. The van der Waals surface area contributed by atoms with Crippen LogP contribution in [0, 0.1) is 6.92 Å². The number of hydrogen-bond donors (Lipinski definition) is 1. The summed E-state index contributed by atoms with van der Waals surface area (Å²) in [5.74, 6) is 0.846. The van der Waals surface area contributed by atoms with Crippen LogP contribution < -0.4 is 19.7 Å². The van der Waals surface area contributed by atoms with Crippen molar-refractivity contribution in [3.8, 4) is 11.5 Å². The summed E-state index contributed by atoms with van der Waals surface area (Å²) >= 11 is 0. The van der Waals surface area contributed by atoms with Crippen molar-refractivity contribution in [2.24, 2.45) is 0 Å². The molecule has 6 heteroatoms. The van der Waals surface area contributed by atoms with Gasteiger partial charge in [-0.3, -0.25) is 9.59 Å². The van der Waals surface area contributed by atoms with Crippen molar-refractivity contribution in [1.82, 2.24) is 0 Å². The second kappa shape index (κ2) is 8.89. The van der Waals surface area contributed by atoms with E-state index in [1.165, 1.54) is 14.0 Å². The molecule has 0 radical (unpaired) electrons. The van der Waals surface area contributed by atoms with Gasteiger partial charge in [-0.25, -0.2) is 0 Å². The Kier molecular flexibility index (Phi) is 6.60. The van der Waals surface area contributed by atoms with Crippen molar-refractivity contribution < 1.29 is 19.1 Å². The Balaban J connectivity index is 2.03. The van der Waals surface area contributed by atoms with E-state index in [-0.39, 0.29) is 18.2 Å². The van der Waals surface area contributed by atoms with Crippen molar-refractivity contribution in [2.45, 2.75) is 20.3 Å². The van der Waals surface area contributed by atoms with Gasteiger partial charge in [0, 0.05) is 37.3 Å². The first kappa shape index (κ1) is 19.3. The van der Waals surface area contributed by atoms with Crippen molar-refractivity contribution in [2.75, 3.05) is 31.0 Å². The average molecular weight is 356 g/mol. The molecule has 0 aliphatic rings. The molecule has 1 N–H and O–H groups in total. The van der Waals surface area contributed by atoms with Crippen LogP contribution in [-0.4, -0.2) is 32.6 Å².